The van der Waals surface area contributed by atoms with Crippen LogP contribution in [0.5, 0.6) is 5.75 Å². The first-order chi connectivity index (χ1) is 12.2. The number of thioether (sulfide) groups is 1. The van der Waals surface area contributed by atoms with Crippen molar-refractivity contribution in [3.8, 4) is 5.75 Å². The first kappa shape index (κ1) is 18.5. The Morgan fingerprint density at radius 2 is 2.36 bits per heavy atom. The van der Waals surface area contributed by atoms with Crippen LogP contribution < -0.4 is 10.1 Å². The largest absolute Gasteiger partial charge is 0.497 e. The third-order valence-corrected chi connectivity index (χ3v) is 5.71. The molecule has 2 fully saturated rings. The minimum Gasteiger partial charge on any atom is -0.497 e. The number of carbonyl (C=O) groups is 1. The quantitative estimate of drug-likeness (QED) is 0.705. The Balaban J connectivity index is 1.43. The number of aliphatic hydroxyl groups is 1. The van der Waals surface area contributed by atoms with Crippen LogP contribution in [0.4, 0.5) is 0 Å². The Morgan fingerprint density at radius 3 is 3.16 bits per heavy atom. The lowest BCUT2D eigenvalue weighted by atomic mass is 10.1. The highest BCUT2D eigenvalue weighted by Gasteiger charge is 2.37. The molecule has 6 nitrogen and oxygen atoms in total. The summed E-state index contributed by atoms with van der Waals surface area (Å²) in [6, 6.07) is 8.30. The van der Waals surface area contributed by atoms with Gasteiger partial charge in [-0.1, -0.05) is 6.07 Å². The predicted molar refractivity (Wildman–Crippen MR) is 97.1 cm³/mol. The summed E-state index contributed by atoms with van der Waals surface area (Å²) < 4.78 is 11.0. The normalized spacial score (nSPS) is 26.2. The lowest BCUT2D eigenvalue weighted by molar-refractivity contribution is -0.119. The molecule has 3 atom stereocenters. The number of nitrogens with one attached hydrogen (secondary N) is 1. The highest BCUT2D eigenvalue weighted by Crippen LogP contribution is 2.25. The van der Waals surface area contributed by atoms with Gasteiger partial charge in [-0.25, -0.2) is 0 Å². The van der Waals surface area contributed by atoms with Crippen LogP contribution in [0.25, 0.3) is 0 Å². The second-order valence-corrected chi connectivity index (χ2v) is 7.59. The molecule has 2 saturated heterocycles. The van der Waals surface area contributed by atoms with Crippen molar-refractivity contribution in [2.45, 2.75) is 35.9 Å². The van der Waals surface area contributed by atoms with Crippen molar-refractivity contribution in [1.82, 2.24) is 10.2 Å². The van der Waals surface area contributed by atoms with Gasteiger partial charge in [-0.15, -0.1) is 11.8 Å². The number of fused-ring (bicyclic) bond motifs is 1. The maximum atomic E-state index is 12.3. The van der Waals surface area contributed by atoms with Gasteiger partial charge in [-0.2, -0.15) is 0 Å². The van der Waals surface area contributed by atoms with Gasteiger partial charge in [0.1, 0.15) is 5.75 Å². The SMILES string of the molecule is COc1cccc(SCC(=O)N[C@H]2C[C@H]3CO[C@@H](CCO)CN3C2)c1. The molecule has 0 radical (unpaired) electrons. The molecule has 0 saturated carbocycles. The maximum Gasteiger partial charge on any atom is 0.230 e. The summed E-state index contributed by atoms with van der Waals surface area (Å²) in [6.45, 7) is 2.56. The number of hydrogen-bond donors (Lipinski definition) is 2. The minimum atomic E-state index is 0.0606. The Morgan fingerprint density at radius 1 is 1.48 bits per heavy atom. The average molecular weight is 366 g/mol. The first-order valence-corrected chi connectivity index (χ1v) is 9.69. The second kappa shape index (κ2) is 8.89. The fourth-order valence-electron chi connectivity index (χ4n) is 3.48. The predicted octanol–water partition coefficient (Wildman–Crippen LogP) is 1.13. The van der Waals surface area contributed by atoms with E-state index in [9.17, 15) is 4.79 Å². The topological polar surface area (TPSA) is 71.0 Å². The Hall–Kier alpha value is -1.28. The monoisotopic (exact) mass is 366 g/mol. The molecule has 1 aromatic rings. The van der Waals surface area contributed by atoms with Crippen molar-refractivity contribution in [2.75, 3.05) is 39.2 Å². The molecular weight excluding hydrogens is 340 g/mol. The molecule has 7 heteroatoms. The van der Waals surface area contributed by atoms with Crippen LogP contribution in [0, 0.1) is 0 Å². The van der Waals surface area contributed by atoms with Gasteiger partial charge in [0.2, 0.25) is 5.91 Å². The number of carbonyl (C=O) groups excluding carboxylic acids is 1. The highest BCUT2D eigenvalue weighted by atomic mass is 32.2. The number of methoxy groups -OCH3 is 1. The summed E-state index contributed by atoms with van der Waals surface area (Å²) in [7, 11) is 1.64. The van der Waals surface area contributed by atoms with Crippen molar-refractivity contribution in [3.05, 3.63) is 24.3 Å². The van der Waals surface area contributed by atoms with Crippen LogP contribution >= 0.6 is 11.8 Å². The molecule has 1 aromatic carbocycles. The molecule has 138 valence electrons. The van der Waals surface area contributed by atoms with E-state index in [4.69, 9.17) is 14.6 Å². The van der Waals surface area contributed by atoms with Gasteiger partial charge < -0.3 is 19.9 Å². The van der Waals surface area contributed by atoms with Crippen molar-refractivity contribution >= 4 is 17.7 Å². The smallest absolute Gasteiger partial charge is 0.230 e. The lowest BCUT2D eigenvalue weighted by Crippen LogP contribution is -2.46. The van der Waals surface area contributed by atoms with E-state index < -0.39 is 0 Å². The average Bonchev–Trinajstić information content (AvgIpc) is 3.02. The van der Waals surface area contributed by atoms with Crippen LogP contribution in [-0.2, 0) is 9.53 Å². The van der Waals surface area contributed by atoms with E-state index >= 15 is 0 Å². The number of amides is 1. The summed E-state index contributed by atoms with van der Waals surface area (Å²) in [5.74, 6) is 1.26. The van der Waals surface area contributed by atoms with E-state index in [2.05, 4.69) is 10.2 Å². The first-order valence-electron chi connectivity index (χ1n) is 8.70. The van der Waals surface area contributed by atoms with Crippen molar-refractivity contribution in [2.24, 2.45) is 0 Å². The fourth-order valence-corrected chi connectivity index (χ4v) is 4.23. The summed E-state index contributed by atoms with van der Waals surface area (Å²) in [4.78, 5) is 15.7. The molecule has 2 heterocycles. The molecule has 2 aliphatic heterocycles. The molecule has 2 aliphatic rings. The molecule has 0 aliphatic carbocycles. The third-order valence-electron chi connectivity index (χ3n) is 4.72. The van der Waals surface area contributed by atoms with Gasteiger partial charge in [-0.05, 0) is 31.0 Å². The van der Waals surface area contributed by atoms with Crippen LogP contribution in [0.2, 0.25) is 0 Å². The van der Waals surface area contributed by atoms with Crippen LogP contribution in [-0.4, -0.2) is 73.3 Å². The molecule has 0 unspecified atom stereocenters. The lowest BCUT2D eigenvalue weighted by Gasteiger charge is -2.34. The zero-order chi connectivity index (χ0) is 17.6. The third kappa shape index (κ3) is 5.10. The van der Waals surface area contributed by atoms with Gasteiger partial charge in [0.15, 0.2) is 0 Å². The van der Waals surface area contributed by atoms with Crippen molar-refractivity contribution < 1.29 is 19.4 Å². The molecule has 2 N–H and O–H groups in total. The van der Waals surface area contributed by atoms with E-state index in [1.165, 1.54) is 11.8 Å². The van der Waals surface area contributed by atoms with Gasteiger partial charge in [0, 0.05) is 36.7 Å². The highest BCUT2D eigenvalue weighted by molar-refractivity contribution is 8.00. The van der Waals surface area contributed by atoms with E-state index in [0.29, 0.717) is 24.8 Å². The fraction of sp³-hybridized carbons (Fsp3) is 0.611. The van der Waals surface area contributed by atoms with Gasteiger partial charge in [-0.3, -0.25) is 9.69 Å². The Labute approximate surface area is 152 Å². The minimum absolute atomic E-state index is 0.0606. The van der Waals surface area contributed by atoms with E-state index in [1.54, 1.807) is 7.11 Å². The molecule has 0 aromatic heterocycles. The summed E-state index contributed by atoms with van der Waals surface area (Å²) >= 11 is 1.52. The Kier molecular flexibility index (Phi) is 6.58. The molecule has 0 spiro atoms. The zero-order valence-electron chi connectivity index (χ0n) is 14.5. The Bertz CT molecular complexity index is 586. The van der Waals surface area contributed by atoms with Gasteiger partial charge >= 0.3 is 0 Å². The maximum absolute atomic E-state index is 12.3. The number of ether oxygens (including phenoxy) is 2. The molecule has 1 amide bonds. The number of benzene rings is 1. The molecule has 3 rings (SSSR count). The standard InChI is InChI=1S/C18H26N2O4S/c1-23-15-3-2-4-17(8-15)25-12-18(22)19-13-7-14-11-24-16(5-6-21)10-20(14)9-13/h2-4,8,13-14,16,21H,5-7,9-12H2,1H3,(H,19,22)/t13-,14-,16-/m0/s1. The van der Waals surface area contributed by atoms with E-state index in [1.807, 2.05) is 24.3 Å². The molecular formula is C18H26N2O4S. The van der Waals surface area contributed by atoms with Gasteiger partial charge in [0.05, 0.1) is 25.6 Å². The van der Waals surface area contributed by atoms with Crippen molar-refractivity contribution in [3.63, 3.8) is 0 Å². The molecule has 0 bridgehead atoms. The summed E-state index contributed by atoms with van der Waals surface area (Å²) in [5.41, 5.74) is 0. The zero-order valence-corrected chi connectivity index (χ0v) is 15.3. The number of morpholine rings is 1. The van der Waals surface area contributed by atoms with Gasteiger partial charge in [0.25, 0.3) is 0 Å². The molecule has 25 heavy (non-hydrogen) atoms. The van der Waals surface area contributed by atoms with E-state index in [-0.39, 0.29) is 24.7 Å². The number of hydrogen-bond acceptors (Lipinski definition) is 6. The van der Waals surface area contributed by atoms with Crippen LogP contribution in [0.1, 0.15) is 12.8 Å². The number of aliphatic hydroxyl groups excluding tert-OH is 1. The van der Waals surface area contributed by atoms with Crippen LogP contribution in [0.3, 0.4) is 0 Å². The second-order valence-electron chi connectivity index (χ2n) is 6.54. The van der Waals surface area contributed by atoms with Crippen LogP contribution in [0.15, 0.2) is 29.2 Å². The van der Waals surface area contributed by atoms with E-state index in [0.717, 1.165) is 30.2 Å². The summed E-state index contributed by atoms with van der Waals surface area (Å²) in [5, 5.41) is 12.2. The number of rotatable bonds is 7. The number of nitrogens with zero attached hydrogens (tertiary/aromatic N) is 1. The van der Waals surface area contributed by atoms with Crippen molar-refractivity contribution in [1.29, 1.82) is 0 Å². The summed E-state index contributed by atoms with van der Waals surface area (Å²) in [6.07, 6.45) is 1.72.